The predicted molar refractivity (Wildman–Crippen MR) is 125 cm³/mol. The Kier molecular flexibility index (Phi) is 7.20. The van der Waals surface area contributed by atoms with Gasteiger partial charge in [-0.1, -0.05) is 6.07 Å². The van der Waals surface area contributed by atoms with Crippen LogP contribution in [-0.2, 0) is 17.7 Å². The number of anilines is 1. The lowest BCUT2D eigenvalue weighted by Gasteiger charge is -2.28. The summed E-state index contributed by atoms with van der Waals surface area (Å²) in [4.78, 5) is 31.5. The number of pyridine rings is 1. The molecule has 0 saturated carbocycles. The summed E-state index contributed by atoms with van der Waals surface area (Å²) in [6, 6.07) is 8.32. The molecule has 4 rings (SSSR count). The molecule has 1 aromatic carbocycles. The molecule has 0 aliphatic carbocycles. The maximum atomic E-state index is 13.2. The average Bonchev–Trinajstić information content (AvgIpc) is 3.37. The lowest BCUT2D eigenvalue weighted by Crippen LogP contribution is -2.36. The number of tetrazole rings is 1. The van der Waals surface area contributed by atoms with E-state index in [1.165, 1.54) is 11.8 Å². The first-order valence-corrected chi connectivity index (χ1v) is 11.2. The Morgan fingerprint density at radius 2 is 2.09 bits per heavy atom. The third kappa shape index (κ3) is 5.06. The van der Waals surface area contributed by atoms with Crippen molar-refractivity contribution >= 4 is 17.8 Å². The highest BCUT2D eigenvalue weighted by Crippen LogP contribution is 2.29. The fourth-order valence-corrected chi connectivity index (χ4v) is 3.85. The number of hydrogen-bond donors (Lipinski definition) is 2. The fourth-order valence-electron chi connectivity index (χ4n) is 3.85. The van der Waals surface area contributed by atoms with Crippen LogP contribution in [0.4, 0.5) is 10.6 Å². The average molecular weight is 482 g/mol. The Hall–Kier alpha value is -4.06. The number of carbonyl (C=O) groups is 2. The van der Waals surface area contributed by atoms with E-state index in [4.69, 9.17) is 9.47 Å². The lowest BCUT2D eigenvalue weighted by atomic mass is 9.96. The van der Waals surface area contributed by atoms with E-state index >= 15 is 0 Å². The standard InChI is InChI=1S/C23H27N7O5/c1-4-35-23(33)29-9-8-15-11-19(34-3)17(10-16(15)12-29)22(32)25-20-7-5-6-18(24-20)21-26-27-28-30(21)14(2)13-31/h5-7,10-11,14,31H,4,8-9,12-13H2,1-3H3,(H,24,25,32)/t14-/m1/s1. The minimum atomic E-state index is -0.411. The molecule has 12 nitrogen and oxygen atoms in total. The Morgan fingerprint density at radius 1 is 1.26 bits per heavy atom. The number of nitrogens with zero attached hydrogens (tertiary/aromatic N) is 6. The van der Waals surface area contributed by atoms with Crippen molar-refractivity contribution < 1.29 is 24.2 Å². The smallest absolute Gasteiger partial charge is 0.410 e. The van der Waals surface area contributed by atoms with Crippen molar-refractivity contribution in [2.45, 2.75) is 32.9 Å². The van der Waals surface area contributed by atoms with Crippen LogP contribution in [0.5, 0.6) is 5.75 Å². The first-order valence-electron chi connectivity index (χ1n) is 11.2. The van der Waals surface area contributed by atoms with Gasteiger partial charge in [0.2, 0.25) is 5.82 Å². The van der Waals surface area contributed by atoms with Gasteiger partial charge in [-0.25, -0.2) is 14.5 Å². The number of benzene rings is 1. The van der Waals surface area contributed by atoms with Crippen LogP contribution in [0, 0.1) is 0 Å². The largest absolute Gasteiger partial charge is 0.496 e. The molecule has 3 heterocycles. The number of rotatable bonds is 7. The summed E-state index contributed by atoms with van der Waals surface area (Å²) in [5.41, 5.74) is 2.64. The topological polar surface area (TPSA) is 145 Å². The molecular formula is C23H27N7O5. The molecule has 35 heavy (non-hydrogen) atoms. The molecule has 0 radical (unpaired) electrons. The van der Waals surface area contributed by atoms with Crippen molar-refractivity contribution in [3.8, 4) is 17.3 Å². The number of nitrogens with one attached hydrogen (secondary N) is 1. The molecule has 1 aliphatic heterocycles. The van der Waals surface area contributed by atoms with E-state index in [0.29, 0.717) is 54.8 Å². The van der Waals surface area contributed by atoms with Gasteiger partial charge in [-0.05, 0) is 66.1 Å². The summed E-state index contributed by atoms with van der Waals surface area (Å²) in [7, 11) is 1.51. The number of methoxy groups -OCH3 is 1. The zero-order chi connectivity index (χ0) is 24.9. The van der Waals surface area contributed by atoms with Gasteiger partial charge in [-0.2, -0.15) is 0 Å². The summed E-state index contributed by atoms with van der Waals surface area (Å²) >= 11 is 0. The van der Waals surface area contributed by atoms with Gasteiger partial charge in [-0.3, -0.25) is 4.79 Å². The van der Waals surface area contributed by atoms with E-state index in [0.717, 1.165) is 11.1 Å². The molecule has 2 amide bonds. The summed E-state index contributed by atoms with van der Waals surface area (Å²) in [6.45, 7) is 4.58. The van der Waals surface area contributed by atoms with E-state index in [1.54, 1.807) is 43.0 Å². The molecule has 184 valence electrons. The Morgan fingerprint density at radius 3 is 2.83 bits per heavy atom. The maximum Gasteiger partial charge on any atom is 0.410 e. The Balaban J connectivity index is 1.58. The normalized spacial score (nSPS) is 13.7. The monoisotopic (exact) mass is 481 g/mol. The van der Waals surface area contributed by atoms with Crippen LogP contribution in [0.3, 0.4) is 0 Å². The van der Waals surface area contributed by atoms with Crippen molar-refractivity contribution in [1.29, 1.82) is 0 Å². The third-order valence-electron chi connectivity index (χ3n) is 5.70. The molecule has 0 unspecified atom stereocenters. The second kappa shape index (κ2) is 10.5. The zero-order valence-electron chi connectivity index (χ0n) is 19.8. The highest BCUT2D eigenvalue weighted by molar-refractivity contribution is 6.06. The second-order valence-corrected chi connectivity index (χ2v) is 8.03. The summed E-state index contributed by atoms with van der Waals surface area (Å²) in [5, 5.41) is 23.8. The highest BCUT2D eigenvalue weighted by Gasteiger charge is 2.25. The van der Waals surface area contributed by atoms with E-state index in [1.807, 2.05) is 6.07 Å². The van der Waals surface area contributed by atoms with Gasteiger partial charge in [0.25, 0.3) is 5.91 Å². The Bertz CT molecular complexity index is 1230. The van der Waals surface area contributed by atoms with Crippen molar-refractivity contribution in [1.82, 2.24) is 30.1 Å². The minimum absolute atomic E-state index is 0.139. The van der Waals surface area contributed by atoms with Gasteiger partial charge in [0, 0.05) is 13.1 Å². The molecule has 3 aromatic rings. The first kappa shape index (κ1) is 24.1. The number of aliphatic hydroxyl groups excluding tert-OH is 1. The van der Waals surface area contributed by atoms with Gasteiger partial charge < -0.3 is 24.8 Å². The number of amides is 2. The van der Waals surface area contributed by atoms with Gasteiger partial charge in [0.05, 0.1) is 31.9 Å². The van der Waals surface area contributed by atoms with E-state index in [9.17, 15) is 14.7 Å². The zero-order valence-corrected chi connectivity index (χ0v) is 19.8. The highest BCUT2D eigenvalue weighted by atomic mass is 16.6. The molecule has 12 heteroatoms. The third-order valence-corrected chi connectivity index (χ3v) is 5.70. The summed E-state index contributed by atoms with van der Waals surface area (Å²) < 4.78 is 12.1. The molecule has 0 fully saturated rings. The predicted octanol–water partition coefficient (Wildman–Crippen LogP) is 2.06. The van der Waals surface area contributed by atoms with Crippen LogP contribution >= 0.6 is 0 Å². The Labute approximate surface area is 201 Å². The van der Waals surface area contributed by atoms with Crippen LogP contribution < -0.4 is 10.1 Å². The molecule has 2 N–H and O–H groups in total. The number of carbonyl (C=O) groups excluding carboxylic acids is 2. The van der Waals surface area contributed by atoms with Gasteiger partial charge in [0.15, 0.2) is 0 Å². The quantitative estimate of drug-likeness (QED) is 0.518. The molecule has 0 spiro atoms. The molecule has 0 bridgehead atoms. The number of ether oxygens (including phenoxy) is 2. The number of aliphatic hydroxyl groups is 1. The summed E-state index contributed by atoms with van der Waals surface area (Å²) in [6.07, 6.45) is 0.260. The van der Waals surface area contributed by atoms with Crippen LogP contribution in [0.15, 0.2) is 30.3 Å². The van der Waals surface area contributed by atoms with E-state index in [-0.39, 0.29) is 18.7 Å². The van der Waals surface area contributed by atoms with Gasteiger partial charge in [0.1, 0.15) is 17.3 Å². The maximum absolute atomic E-state index is 13.2. The number of fused-ring (bicyclic) bond motifs is 1. The van der Waals surface area contributed by atoms with E-state index < -0.39 is 5.91 Å². The second-order valence-electron chi connectivity index (χ2n) is 8.03. The molecule has 1 aliphatic rings. The summed E-state index contributed by atoms with van der Waals surface area (Å²) in [5.74, 6) is 0.688. The van der Waals surface area contributed by atoms with Crippen molar-refractivity contribution in [3.63, 3.8) is 0 Å². The SMILES string of the molecule is CCOC(=O)N1CCc2cc(OC)c(C(=O)Nc3cccc(-c4nnnn4[C@H](C)CO)n3)cc2C1. The van der Waals surface area contributed by atoms with Crippen molar-refractivity contribution in [2.24, 2.45) is 0 Å². The lowest BCUT2D eigenvalue weighted by molar-refractivity contribution is 0.102. The molecular weight excluding hydrogens is 454 g/mol. The molecule has 0 saturated heterocycles. The van der Waals surface area contributed by atoms with Crippen LogP contribution in [0.1, 0.15) is 41.4 Å². The minimum Gasteiger partial charge on any atom is -0.496 e. The van der Waals surface area contributed by atoms with Crippen molar-refractivity contribution in [2.75, 3.05) is 32.2 Å². The van der Waals surface area contributed by atoms with Gasteiger partial charge >= 0.3 is 6.09 Å². The number of hydrogen-bond acceptors (Lipinski definition) is 9. The molecule has 2 aromatic heterocycles. The van der Waals surface area contributed by atoms with Crippen LogP contribution in [0.25, 0.3) is 11.5 Å². The first-order chi connectivity index (χ1) is 16.9. The molecule has 1 atom stereocenters. The van der Waals surface area contributed by atoms with Gasteiger partial charge in [-0.15, -0.1) is 5.10 Å². The van der Waals surface area contributed by atoms with Crippen molar-refractivity contribution in [3.05, 3.63) is 47.0 Å². The van der Waals surface area contributed by atoms with E-state index in [2.05, 4.69) is 25.8 Å². The van der Waals surface area contributed by atoms with Crippen LogP contribution in [-0.4, -0.2) is 74.1 Å². The van der Waals surface area contributed by atoms with Crippen LogP contribution in [0.2, 0.25) is 0 Å². The number of aromatic nitrogens is 5. The fraction of sp³-hybridized carbons (Fsp3) is 0.391.